The predicted octanol–water partition coefficient (Wildman–Crippen LogP) is 1.94. The van der Waals surface area contributed by atoms with E-state index in [4.69, 9.17) is 4.74 Å². The van der Waals surface area contributed by atoms with Gasteiger partial charge in [0.05, 0.1) is 7.11 Å². The minimum Gasteiger partial charge on any atom is -0.496 e. The normalized spacial score (nSPS) is 9.53. The number of hydrogen-bond acceptors (Lipinski definition) is 2. The van der Waals surface area contributed by atoms with E-state index in [0.29, 0.717) is 17.0 Å². The van der Waals surface area contributed by atoms with Gasteiger partial charge in [-0.1, -0.05) is 6.58 Å². The van der Waals surface area contributed by atoms with Crippen LogP contribution in [0.3, 0.4) is 0 Å². The van der Waals surface area contributed by atoms with Gasteiger partial charge in [-0.25, -0.2) is 4.39 Å². The van der Waals surface area contributed by atoms with Crippen molar-refractivity contribution in [3.05, 3.63) is 36.2 Å². The van der Waals surface area contributed by atoms with Gasteiger partial charge in [-0.15, -0.1) is 0 Å². The first-order chi connectivity index (χ1) is 7.04. The zero-order valence-electron chi connectivity index (χ0n) is 8.63. The molecule has 15 heavy (non-hydrogen) atoms. The number of carbonyl (C=O) groups is 1. The minimum absolute atomic E-state index is 0.258. The first kappa shape index (κ1) is 11.2. The lowest BCUT2D eigenvalue weighted by Gasteiger charge is -2.11. The van der Waals surface area contributed by atoms with Crippen molar-refractivity contribution in [2.45, 2.75) is 6.92 Å². The van der Waals surface area contributed by atoms with Crippen molar-refractivity contribution in [2.75, 3.05) is 7.11 Å². The van der Waals surface area contributed by atoms with E-state index in [1.54, 1.807) is 0 Å². The molecule has 0 aliphatic heterocycles. The van der Waals surface area contributed by atoms with Crippen molar-refractivity contribution in [3.63, 3.8) is 0 Å². The Labute approximate surface area is 87.6 Å². The molecule has 0 aliphatic carbocycles. The molecule has 0 radical (unpaired) electrons. The van der Waals surface area contributed by atoms with Crippen LogP contribution in [0.25, 0.3) is 5.70 Å². The van der Waals surface area contributed by atoms with Crippen molar-refractivity contribution >= 4 is 11.6 Å². The first-order valence-electron chi connectivity index (χ1n) is 4.35. The van der Waals surface area contributed by atoms with Gasteiger partial charge in [0, 0.05) is 18.2 Å². The molecule has 3 nitrogen and oxygen atoms in total. The van der Waals surface area contributed by atoms with Crippen LogP contribution >= 0.6 is 0 Å². The highest BCUT2D eigenvalue weighted by Crippen LogP contribution is 2.24. The summed E-state index contributed by atoms with van der Waals surface area (Å²) in [5.41, 5.74) is 0.756. The van der Waals surface area contributed by atoms with Crippen LogP contribution in [-0.2, 0) is 4.79 Å². The first-order valence-corrected chi connectivity index (χ1v) is 4.35. The maximum Gasteiger partial charge on any atom is 0.221 e. The molecule has 0 aromatic heterocycles. The maximum absolute atomic E-state index is 13.0. The fraction of sp³-hybridized carbons (Fsp3) is 0.182. The second-order valence-electron chi connectivity index (χ2n) is 3.00. The van der Waals surface area contributed by atoms with Gasteiger partial charge in [0.1, 0.15) is 11.6 Å². The van der Waals surface area contributed by atoms with E-state index in [0.717, 1.165) is 0 Å². The molecular formula is C11H12FNO2. The number of ether oxygens (including phenoxy) is 1. The van der Waals surface area contributed by atoms with Gasteiger partial charge < -0.3 is 10.1 Å². The average molecular weight is 209 g/mol. The molecule has 0 atom stereocenters. The predicted molar refractivity (Wildman–Crippen MR) is 55.8 cm³/mol. The highest BCUT2D eigenvalue weighted by molar-refractivity contribution is 5.85. The molecule has 0 heterocycles. The molecule has 1 aromatic rings. The van der Waals surface area contributed by atoms with Crippen LogP contribution in [0.2, 0.25) is 0 Å². The summed E-state index contributed by atoms with van der Waals surface area (Å²) < 4.78 is 18.0. The molecular weight excluding hydrogens is 197 g/mol. The lowest BCUT2D eigenvalue weighted by molar-refractivity contribution is -0.117. The van der Waals surface area contributed by atoms with Crippen molar-refractivity contribution in [3.8, 4) is 5.75 Å². The van der Waals surface area contributed by atoms with Crippen molar-refractivity contribution in [1.29, 1.82) is 0 Å². The highest BCUT2D eigenvalue weighted by atomic mass is 19.1. The SMILES string of the molecule is C=C(NC(C)=O)c1cc(F)ccc1OC. The molecule has 0 fully saturated rings. The molecule has 0 saturated heterocycles. The summed E-state index contributed by atoms with van der Waals surface area (Å²) in [4.78, 5) is 10.8. The minimum atomic E-state index is -0.405. The Balaban J connectivity index is 3.05. The van der Waals surface area contributed by atoms with Gasteiger partial charge in [-0.2, -0.15) is 0 Å². The number of carbonyl (C=O) groups excluding carboxylic acids is 1. The van der Waals surface area contributed by atoms with Crippen molar-refractivity contribution in [2.24, 2.45) is 0 Å². The summed E-state index contributed by atoms with van der Waals surface area (Å²) >= 11 is 0. The smallest absolute Gasteiger partial charge is 0.221 e. The average Bonchev–Trinajstić information content (AvgIpc) is 2.16. The van der Waals surface area contributed by atoms with Crippen molar-refractivity contribution in [1.82, 2.24) is 5.32 Å². The number of benzene rings is 1. The Morgan fingerprint density at radius 3 is 2.73 bits per heavy atom. The fourth-order valence-corrected chi connectivity index (χ4v) is 1.20. The van der Waals surface area contributed by atoms with Crippen LogP contribution in [0.4, 0.5) is 4.39 Å². The summed E-state index contributed by atoms with van der Waals surface area (Å²) in [6, 6.07) is 4.03. The number of methoxy groups -OCH3 is 1. The highest BCUT2D eigenvalue weighted by Gasteiger charge is 2.08. The Bertz CT molecular complexity index is 402. The van der Waals surface area contributed by atoms with E-state index in [9.17, 15) is 9.18 Å². The van der Waals surface area contributed by atoms with E-state index in [2.05, 4.69) is 11.9 Å². The number of nitrogens with one attached hydrogen (secondary N) is 1. The fourth-order valence-electron chi connectivity index (χ4n) is 1.20. The third-order valence-corrected chi connectivity index (χ3v) is 1.81. The van der Waals surface area contributed by atoms with E-state index < -0.39 is 5.82 Å². The van der Waals surface area contributed by atoms with Gasteiger partial charge in [0.15, 0.2) is 0 Å². The van der Waals surface area contributed by atoms with Crippen LogP contribution in [0.1, 0.15) is 12.5 Å². The monoisotopic (exact) mass is 209 g/mol. The van der Waals surface area contributed by atoms with Gasteiger partial charge in [0.2, 0.25) is 5.91 Å². The summed E-state index contributed by atoms with van der Waals surface area (Å²) in [7, 11) is 1.47. The standard InChI is InChI=1S/C11H12FNO2/c1-7(13-8(2)14)10-6-9(12)4-5-11(10)15-3/h4-6H,1H2,2-3H3,(H,13,14). The van der Waals surface area contributed by atoms with Gasteiger partial charge in [-0.3, -0.25) is 4.79 Å². The number of rotatable bonds is 3. The van der Waals surface area contributed by atoms with Crippen LogP contribution in [-0.4, -0.2) is 13.0 Å². The van der Waals surface area contributed by atoms with Gasteiger partial charge >= 0.3 is 0 Å². The molecule has 0 bridgehead atoms. The maximum atomic E-state index is 13.0. The molecule has 1 aromatic carbocycles. The molecule has 80 valence electrons. The largest absolute Gasteiger partial charge is 0.496 e. The molecule has 1 N–H and O–H groups in total. The van der Waals surface area contributed by atoms with E-state index >= 15 is 0 Å². The molecule has 0 unspecified atom stereocenters. The Hall–Kier alpha value is -1.84. The lowest BCUT2D eigenvalue weighted by Crippen LogP contribution is -2.17. The van der Waals surface area contributed by atoms with Crippen LogP contribution in [0, 0.1) is 5.82 Å². The molecule has 0 aliphatic rings. The van der Waals surface area contributed by atoms with Crippen LogP contribution in [0.15, 0.2) is 24.8 Å². The molecule has 1 amide bonds. The number of hydrogen-bond donors (Lipinski definition) is 1. The van der Waals surface area contributed by atoms with Crippen molar-refractivity contribution < 1.29 is 13.9 Å². The summed E-state index contributed by atoms with van der Waals surface area (Å²) in [6.45, 7) is 4.99. The lowest BCUT2D eigenvalue weighted by atomic mass is 10.1. The van der Waals surface area contributed by atoms with Crippen LogP contribution < -0.4 is 10.1 Å². The third kappa shape index (κ3) is 2.80. The Kier molecular flexibility index (Phi) is 3.44. The second-order valence-corrected chi connectivity index (χ2v) is 3.00. The second kappa shape index (κ2) is 4.59. The molecule has 0 spiro atoms. The topological polar surface area (TPSA) is 38.3 Å². The van der Waals surface area contributed by atoms with E-state index in [1.165, 1.54) is 32.2 Å². The zero-order valence-corrected chi connectivity index (χ0v) is 8.63. The molecule has 1 rings (SSSR count). The zero-order chi connectivity index (χ0) is 11.4. The van der Waals surface area contributed by atoms with Gasteiger partial charge in [-0.05, 0) is 18.2 Å². The van der Waals surface area contributed by atoms with E-state index in [1.807, 2.05) is 0 Å². The Morgan fingerprint density at radius 2 is 2.20 bits per heavy atom. The summed E-state index contributed by atoms with van der Waals surface area (Å²) in [5.74, 6) is -0.196. The summed E-state index contributed by atoms with van der Waals surface area (Å²) in [5, 5.41) is 2.48. The molecule has 0 saturated carbocycles. The number of halogens is 1. The van der Waals surface area contributed by atoms with Gasteiger partial charge in [0.25, 0.3) is 0 Å². The quantitative estimate of drug-likeness (QED) is 0.826. The Morgan fingerprint density at radius 1 is 1.53 bits per heavy atom. The van der Waals surface area contributed by atoms with Crippen LogP contribution in [0.5, 0.6) is 5.75 Å². The number of amides is 1. The molecule has 4 heteroatoms. The summed E-state index contributed by atoms with van der Waals surface area (Å²) in [6.07, 6.45) is 0. The third-order valence-electron chi connectivity index (χ3n) is 1.81. The van der Waals surface area contributed by atoms with E-state index in [-0.39, 0.29) is 5.91 Å².